The minimum Gasteiger partial charge on any atom is -0.391 e. The van der Waals surface area contributed by atoms with Crippen LogP contribution in [0.4, 0.5) is 42.9 Å². The first-order valence-corrected chi connectivity index (χ1v) is 23.2. The maximum absolute atomic E-state index is 15.9. The molecule has 4 unspecified atom stereocenters. The Morgan fingerprint density at radius 1 is 0.544 bits per heavy atom. The summed E-state index contributed by atoms with van der Waals surface area (Å²) in [7, 11) is 0. The van der Waals surface area contributed by atoms with Crippen molar-refractivity contribution in [1.29, 1.82) is 0 Å². The van der Waals surface area contributed by atoms with Crippen LogP contribution >= 0.6 is 0 Å². The summed E-state index contributed by atoms with van der Waals surface area (Å²) in [6, 6.07) is 17.7. The molecule has 68 heavy (non-hydrogen) atoms. The van der Waals surface area contributed by atoms with Crippen LogP contribution in [0.5, 0.6) is 0 Å². The number of halogens is 2. The van der Waals surface area contributed by atoms with Crippen LogP contribution in [0.3, 0.4) is 0 Å². The highest BCUT2D eigenvalue weighted by atomic mass is 19.1. The lowest BCUT2D eigenvalue weighted by Crippen LogP contribution is -2.49. The number of piperazine rings is 2. The summed E-state index contributed by atoms with van der Waals surface area (Å²) < 4.78 is 31.7. The molecule has 4 aliphatic heterocycles. The van der Waals surface area contributed by atoms with Crippen LogP contribution in [0, 0.1) is 31.9 Å². The van der Waals surface area contributed by atoms with Crippen molar-refractivity contribution in [2.75, 3.05) is 98.1 Å². The molecular formula is C49H56F2N8O9. The number of non-ortho nitro benzene ring substituents is 2. The van der Waals surface area contributed by atoms with E-state index in [4.69, 9.17) is 0 Å². The van der Waals surface area contributed by atoms with E-state index >= 15 is 8.78 Å². The number of benzene rings is 4. The summed E-state index contributed by atoms with van der Waals surface area (Å²) >= 11 is 0. The number of aliphatic hydroxyl groups excluding tert-OH is 2. The summed E-state index contributed by atoms with van der Waals surface area (Å²) in [4.78, 5) is 74.3. The summed E-state index contributed by atoms with van der Waals surface area (Å²) in [5, 5.41) is 43.8. The maximum atomic E-state index is 15.9. The third-order valence-corrected chi connectivity index (χ3v) is 13.9. The Morgan fingerprint density at radius 2 is 0.912 bits per heavy atom. The molecule has 4 aromatic rings. The first kappa shape index (κ1) is 47.8. The number of piperidine rings is 2. The Morgan fingerprint density at radius 3 is 1.25 bits per heavy atom. The predicted octanol–water partition coefficient (Wildman–Crippen LogP) is 6.10. The quantitative estimate of drug-likeness (QED) is 0.122. The first-order valence-electron chi connectivity index (χ1n) is 23.2. The van der Waals surface area contributed by atoms with E-state index < -0.39 is 45.5 Å². The summed E-state index contributed by atoms with van der Waals surface area (Å²) in [6.45, 7) is 7.30. The topological polar surface area (TPSA) is 197 Å². The van der Waals surface area contributed by atoms with Crippen LogP contribution in [0.15, 0.2) is 72.8 Å². The Balaban J connectivity index is 0.871. The molecule has 4 aliphatic rings. The molecule has 0 bridgehead atoms. The lowest BCUT2D eigenvalue weighted by molar-refractivity contribution is -0.385. The fraction of sp³-hybridized carbons (Fsp3) is 0.449. The number of amides is 2. The van der Waals surface area contributed by atoms with Gasteiger partial charge in [-0.1, -0.05) is 26.0 Å². The molecule has 4 saturated heterocycles. The van der Waals surface area contributed by atoms with Gasteiger partial charge in [-0.15, -0.1) is 0 Å². The Labute approximate surface area is 392 Å². The molecule has 360 valence electrons. The van der Waals surface area contributed by atoms with Crippen molar-refractivity contribution in [2.45, 2.75) is 63.6 Å². The van der Waals surface area contributed by atoms with Gasteiger partial charge >= 0.3 is 0 Å². The molecule has 4 aromatic carbocycles. The largest absolute Gasteiger partial charge is 0.391 e. The second kappa shape index (κ2) is 20.2. The highest BCUT2D eigenvalue weighted by Crippen LogP contribution is 2.35. The van der Waals surface area contributed by atoms with E-state index in [1.807, 2.05) is 19.6 Å². The number of nitrogens with zero attached hydrogens (tertiary/aromatic N) is 8. The van der Waals surface area contributed by atoms with E-state index in [-0.39, 0.29) is 66.3 Å². The average Bonchev–Trinajstić information content (AvgIpc) is 3.34. The number of nitro benzene ring substituents is 2. The van der Waals surface area contributed by atoms with Gasteiger partial charge in [-0.25, -0.2) is 8.78 Å². The van der Waals surface area contributed by atoms with Crippen molar-refractivity contribution in [1.82, 2.24) is 9.80 Å². The number of β-amino-alcohol motifs (C(OH)–C–C–N with tert-alkyl or cyclic N) is 2. The number of anilines is 4. The van der Waals surface area contributed by atoms with Crippen LogP contribution in [-0.4, -0.2) is 138 Å². The Bertz CT molecular complexity index is 2410. The molecule has 4 atom stereocenters. The van der Waals surface area contributed by atoms with Gasteiger partial charge in [-0.2, -0.15) is 0 Å². The minimum atomic E-state index is -0.729. The van der Waals surface area contributed by atoms with Gasteiger partial charge in [-0.3, -0.25) is 34.6 Å². The van der Waals surface area contributed by atoms with Crippen LogP contribution in [-0.2, 0) is 4.79 Å². The lowest BCUT2D eigenvalue weighted by atomic mass is 9.85. The van der Waals surface area contributed by atoms with Crippen LogP contribution < -0.4 is 19.6 Å². The normalized spacial score (nSPS) is 20.0. The van der Waals surface area contributed by atoms with E-state index in [0.717, 1.165) is 0 Å². The smallest absolute Gasteiger partial charge is 0.270 e. The molecule has 0 saturated carbocycles. The highest BCUT2D eigenvalue weighted by molar-refractivity contribution is 6.01. The van der Waals surface area contributed by atoms with E-state index in [0.29, 0.717) is 112 Å². The number of hydrogen-bond donors (Lipinski definition) is 2. The van der Waals surface area contributed by atoms with Crippen molar-refractivity contribution in [3.63, 3.8) is 0 Å². The summed E-state index contributed by atoms with van der Waals surface area (Å²) in [5.74, 6) is -3.53. The van der Waals surface area contributed by atoms with Gasteiger partial charge in [0.15, 0.2) is 0 Å². The number of ketones is 1. The van der Waals surface area contributed by atoms with E-state index in [1.165, 1.54) is 36.4 Å². The van der Waals surface area contributed by atoms with Crippen LogP contribution in [0.1, 0.15) is 83.2 Å². The van der Waals surface area contributed by atoms with E-state index in [9.17, 15) is 44.8 Å². The molecule has 0 radical (unpaired) electrons. The van der Waals surface area contributed by atoms with E-state index in [1.54, 1.807) is 60.0 Å². The zero-order valence-corrected chi connectivity index (χ0v) is 38.1. The van der Waals surface area contributed by atoms with Gasteiger partial charge in [-0.05, 0) is 73.2 Å². The monoisotopic (exact) mass is 938 g/mol. The second-order valence-electron chi connectivity index (χ2n) is 18.2. The van der Waals surface area contributed by atoms with Crippen molar-refractivity contribution in [2.24, 2.45) is 0 Å². The molecule has 19 heteroatoms. The number of aliphatic hydroxyl groups is 2. The molecule has 0 spiro atoms. The molecule has 8 rings (SSSR count). The molecule has 2 amide bonds. The Hall–Kier alpha value is -6.73. The highest BCUT2D eigenvalue weighted by Gasteiger charge is 2.33. The predicted molar refractivity (Wildman–Crippen MR) is 252 cm³/mol. The Kier molecular flexibility index (Phi) is 14.2. The van der Waals surface area contributed by atoms with Crippen molar-refractivity contribution in [3.8, 4) is 0 Å². The SMILES string of the molecule is CC(C(=O)C(C)c1ccc(N2CCN(C(=O)c3cc([N+](=O)[O-])ccc3N3CCCC(O)C3)CC2)c(F)c1)c1ccc(N2CCN(C(=O)c3cc([N+](=O)[O-])ccc3N3CCCC(O)C3)CC2)c(F)c1. The first-order chi connectivity index (χ1) is 32.6. The van der Waals surface area contributed by atoms with Crippen LogP contribution in [0.25, 0.3) is 0 Å². The maximum Gasteiger partial charge on any atom is 0.270 e. The van der Waals surface area contributed by atoms with Crippen molar-refractivity contribution in [3.05, 3.63) is 127 Å². The zero-order valence-electron chi connectivity index (χ0n) is 38.1. The average molecular weight is 939 g/mol. The molecule has 2 N–H and O–H groups in total. The molecule has 17 nitrogen and oxygen atoms in total. The number of hydrogen-bond acceptors (Lipinski definition) is 13. The zero-order chi connectivity index (χ0) is 48.4. The third-order valence-electron chi connectivity index (χ3n) is 13.9. The number of rotatable bonds is 12. The molecule has 4 heterocycles. The number of carbonyl (C=O) groups excluding carboxylic acids is 3. The minimum absolute atomic E-state index is 0.181. The van der Waals surface area contributed by atoms with Gasteiger partial charge in [0.05, 0.1) is 55.9 Å². The summed E-state index contributed by atoms with van der Waals surface area (Å²) in [6.07, 6.45) is 1.56. The molecule has 4 fully saturated rings. The van der Waals surface area contributed by atoms with Crippen molar-refractivity contribution >= 4 is 51.7 Å². The van der Waals surface area contributed by atoms with Gasteiger partial charge in [0.2, 0.25) is 0 Å². The number of Topliss-reactive ketones (excluding diaryl/α,β-unsaturated/α-hetero) is 1. The van der Waals surface area contributed by atoms with E-state index in [2.05, 4.69) is 0 Å². The van der Waals surface area contributed by atoms with Crippen molar-refractivity contribution < 1.29 is 43.2 Å². The second-order valence-corrected chi connectivity index (χ2v) is 18.2. The standard InChI is InChI=1S/C49H56F2N8O9/c1-31(33-7-11-45(41(50)25-33)52-17-21-54(22-18-52)48(63)39-27-35(58(65)66)9-13-43(39)56-15-3-5-37(60)29-56)47(62)32(2)34-8-12-46(42(51)26-34)53-19-23-55(24-20-53)49(64)40-28-36(59(67)68)10-14-44(40)57-16-4-6-38(61)30-57/h7-14,25-28,31-32,37-38,60-61H,3-6,15-24,29-30H2,1-2H3. The lowest BCUT2D eigenvalue weighted by Gasteiger charge is -2.38. The summed E-state index contributed by atoms with van der Waals surface area (Å²) in [5.41, 5.74) is 2.51. The fourth-order valence-corrected chi connectivity index (χ4v) is 9.96. The van der Waals surface area contributed by atoms with Gasteiger partial charge in [0, 0.05) is 115 Å². The molecule has 0 aromatic heterocycles. The molecular weight excluding hydrogens is 883 g/mol. The van der Waals surface area contributed by atoms with Gasteiger partial charge in [0.1, 0.15) is 17.4 Å². The third kappa shape index (κ3) is 10.1. The number of carbonyl (C=O) groups is 3. The van der Waals surface area contributed by atoms with Gasteiger partial charge in [0.25, 0.3) is 23.2 Å². The number of nitro groups is 2. The van der Waals surface area contributed by atoms with Crippen LogP contribution in [0.2, 0.25) is 0 Å². The van der Waals surface area contributed by atoms with Gasteiger partial charge < -0.3 is 39.6 Å². The fourth-order valence-electron chi connectivity index (χ4n) is 9.96. The molecule has 0 aliphatic carbocycles.